The van der Waals surface area contributed by atoms with E-state index < -0.39 is 5.97 Å². The van der Waals surface area contributed by atoms with Crippen LogP contribution in [0.3, 0.4) is 0 Å². The molecule has 0 fully saturated rings. The molecule has 4 heterocycles. The standard InChI is InChI=1S/C27H28N4O2S/c32-26(33)16-20(24-13-11-18-5-1-2-8-23(18)31-24)15-22-17-34-25(29-22)9-3-7-21-12-10-19-6-4-14-28-27(19)30-21/h1-2,5,8,10-13,17,20H,3-4,6-7,9,14-16H2,(H,28,30)(H,32,33). The number of aliphatic carboxylic acids is 1. The van der Waals surface area contributed by atoms with Gasteiger partial charge in [-0.25, -0.2) is 9.97 Å². The molecule has 1 unspecified atom stereocenters. The summed E-state index contributed by atoms with van der Waals surface area (Å²) in [6, 6.07) is 16.2. The molecule has 1 atom stereocenters. The number of anilines is 1. The molecule has 0 bridgehead atoms. The Labute approximate surface area is 203 Å². The molecule has 1 aromatic carbocycles. The van der Waals surface area contributed by atoms with E-state index in [0.717, 1.165) is 71.0 Å². The second kappa shape index (κ2) is 10.3. The third kappa shape index (κ3) is 5.42. The third-order valence-corrected chi connectivity index (χ3v) is 7.25. The van der Waals surface area contributed by atoms with Crippen LogP contribution in [0, 0.1) is 0 Å². The number of rotatable bonds is 9. The topological polar surface area (TPSA) is 88.0 Å². The minimum Gasteiger partial charge on any atom is -0.481 e. The van der Waals surface area contributed by atoms with E-state index in [1.807, 2.05) is 36.4 Å². The van der Waals surface area contributed by atoms with E-state index in [1.165, 1.54) is 12.0 Å². The number of hydrogen-bond donors (Lipinski definition) is 2. The molecule has 0 spiro atoms. The fourth-order valence-corrected chi connectivity index (χ4v) is 5.39. The lowest BCUT2D eigenvalue weighted by atomic mass is 9.95. The van der Waals surface area contributed by atoms with Crippen LogP contribution in [-0.4, -0.2) is 32.6 Å². The molecule has 5 rings (SSSR count). The molecular formula is C27H28N4O2S. The zero-order chi connectivity index (χ0) is 23.3. The molecule has 1 aliphatic heterocycles. The van der Waals surface area contributed by atoms with Crippen LogP contribution < -0.4 is 5.32 Å². The number of aromatic nitrogens is 3. The van der Waals surface area contributed by atoms with Gasteiger partial charge < -0.3 is 10.4 Å². The van der Waals surface area contributed by atoms with Gasteiger partial charge in [-0.1, -0.05) is 30.3 Å². The Morgan fingerprint density at radius 2 is 1.94 bits per heavy atom. The van der Waals surface area contributed by atoms with Crippen molar-refractivity contribution >= 4 is 34.0 Å². The fraction of sp³-hybridized carbons (Fsp3) is 0.333. The van der Waals surface area contributed by atoms with Crippen LogP contribution in [0.4, 0.5) is 5.82 Å². The molecule has 2 N–H and O–H groups in total. The predicted octanol–water partition coefficient (Wildman–Crippen LogP) is 5.42. The molecular weight excluding hydrogens is 444 g/mol. The first-order valence-electron chi connectivity index (χ1n) is 11.9. The van der Waals surface area contributed by atoms with Gasteiger partial charge in [-0.05, 0) is 62.3 Å². The van der Waals surface area contributed by atoms with E-state index in [9.17, 15) is 9.90 Å². The summed E-state index contributed by atoms with van der Waals surface area (Å²) in [6.07, 6.45) is 5.70. The number of nitrogens with one attached hydrogen (secondary N) is 1. The zero-order valence-electron chi connectivity index (χ0n) is 19.0. The molecule has 0 saturated carbocycles. The molecule has 174 valence electrons. The average Bonchev–Trinajstić information content (AvgIpc) is 3.30. The minimum absolute atomic E-state index is 0.0379. The van der Waals surface area contributed by atoms with Gasteiger partial charge in [0.25, 0.3) is 0 Å². The molecule has 0 radical (unpaired) electrons. The second-order valence-electron chi connectivity index (χ2n) is 8.85. The molecule has 4 aromatic rings. The summed E-state index contributed by atoms with van der Waals surface area (Å²) in [5, 5.41) is 17.1. The smallest absolute Gasteiger partial charge is 0.304 e. The van der Waals surface area contributed by atoms with Crippen LogP contribution in [0.25, 0.3) is 10.9 Å². The highest BCUT2D eigenvalue weighted by molar-refractivity contribution is 7.09. The van der Waals surface area contributed by atoms with Gasteiger partial charge in [-0.3, -0.25) is 9.78 Å². The van der Waals surface area contributed by atoms with Gasteiger partial charge >= 0.3 is 5.97 Å². The number of carboxylic acids is 1. The number of carboxylic acid groups (broad SMARTS) is 1. The Kier molecular flexibility index (Phi) is 6.81. The third-order valence-electron chi connectivity index (χ3n) is 6.29. The van der Waals surface area contributed by atoms with Crippen molar-refractivity contribution in [3.8, 4) is 0 Å². The highest BCUT2D eigenvalue weighted by Crippen LogP contribution is 2.27. The normalized spacial score (nSPS) is 13.9. The van der Waals surface area contributed by atoms with Crippen molar-refractivity contribution in [1.29, 1.82) is 0 Å². The van der Waals surface area contributed by atoms with Crippen molar-refractivity contribution < 1.29 is 9.90 Å². The molecule has 6 nitrogen and oxygen atoms in total. The fourth-order valence-electron chi connectivity index (χ4n) is 4.54. The maximum atomic E-state index is 11.6. The molecule has 34 heavy (non-hydrogen) atoms. The van der Waals surface area contributed by atoms with Crippen molar-refractivity contribution in [2.75, 3.05) is 11.9 Å². The first-order valence-corrected chi connectivity index (χ1v) is 12.8. The van der Waals surface area contributed by atoms with E-state index in [2.05, 4.69) is 22.8 Å². The Hall–Kier alpha value is -3.32. The minimum atomic E-state index is -0.817. The first-order chi connectivity index (χ1) is 16.6. The van der Waals surface area contributed by atoms with Gasteiger partial charge in [-0.2, -0.15) is 0 Å². The van der Waals surface area contributed by atoms with E-state index >= 15 is 0 Å². The summed E-state index contributed by atoms with van der Waals surface area (Å²) >= 11 is 1.65. The van der Waals surface area contributed by atoms with Crippen molar-refractivity contribution in [2.24, 2.45) is 0 Å². The van der Waals surface area contributed by atoms with E-state index in [1.54, 1.807) is 11.3 Å². The SMILES string of the molecule is O=C(O)CC(Cc1csc(CCCc2ccc3c(n2)NCCC3)n1)c1ccc2ccccc2n1. The molecule has 1 aliphatic rings. The van der Waals surface area contributed by atoms with Crippen molar-refractivity contribution in [3.05, 3.63) is 81.6 Å². The monoisotopic (exact) mass is 472 g/mol. The average molecular weight is 473 g/mol. The van der Waals surface area contributed by atoms with Crippen LogP contribution in [0.15, 0.2) is 53.9 Å². The number of para-hydroxylation sites is 1. The van der Waals surface area contributed by atoms with Crippen LogP contribution in [0.5, 0.6) is 0 Å². The van der Waals surface area contributed by atoms with Gasteiger partial charge in [0.2, 0.25) is 0 Å². The van der Waals surface area contributed by atoms with Gasteiger partial charge in [0, 0.05) is 34.6 Å². The van der Waals surface area contributed by atoms with Crippen LogP contribution in [-0.2, 0) is 30.5 Å². The summed E-state index contributed by atoms with van der Waals surface area (Å²) < 4.78 is 0. The highest BCUT2D eigenvalue weighted by Gasteiger charge is 2.20. The summed E-state index contributed by atoms with van der Waals surface area (Å²) in [5.41, 5.74) is 5.07. The number of pyridine rings is 2. The Bertz CT molecular complexity index is 1300. The van der Waals surface area contributed by atoms with Gasteiger partial charge in [0.05, 0.1) is 22.6 Å². The van der Waals surface area contributed by atoms with E-state index in [-0.39, 0.29) is 12.3 Å². The van der Waals surface area contributed by atoms with Crippen LogP contribution in [0.1, 0.15) is 52.8 Å². The van der Waals surface area contributed by atoms with Crippen molar-refractivity contribution in [3.63, 3.8) is 0 Å². The molecule has 0 aliphatic carbocycles. The first kappa shape index (κ1) is 22.5. The molecule has 0 saturated heterocycles. The number of hydrogen-bond acceptors (Lipinski definition) is 6. The molecule has 0 amide bonds. The van der Waals surface area contributed by atoms with Crippen LogP contribution >= 0.6 is 11.3 Å². The summed E-state index contributed by atoms with van der Waals surface area (Å²) in [7, 11) is 0. The summed E-state index contributed by atoms with van der Waals surface area (Å²) in [4.78, 5) is 25.9. The maximum Gasteiger partial charge on any atom is 0.304 e. The molecule has 3 aromatic heterocycles. The van der Waals surface area contributed by atoms with Crippen LogP contribution in [0.2, 0.25) is 0 Å². The quantitative estimate of drug-likeness (QED) is 0.338. The Morgan fingerprint density at radius 1 is 1.03 bits per heavy atom. The van der Waals surface area contributed by atoms with Gasteiger partial charge in [-0.15, -0.1) is 11.3 Å². The summed E-state index contributed by atoms with van der Waals surface area (Å²) in [5.74, 6) is 0.0266. The zero-order valence-corrected chi connectivity index (χ0v) is 19.9. The highest BCUT2D eigenvalue weighted by atomic mass is 32.1. The predicted molar refractivity (Wildman–Crippen MR) is 136 cm³/mol. The Balaban J connectivity index is 1.22. The number of carbonyl (C=O) groups is 1. The number of benzene rings is 1. The van der Waals surface area contributed by atoms with E-state index in [0.29, 0.717) is 6.42 Å². The van der Waals surface area contributed by atoms with Crippen molar-refractivity contribution in [1.82, 2.24) is 15.0 Å². The molecule has 7 heteroatoms. The van der Waals surface area contributed by atoms with Gasteiger partial charge in [0.1, 0.15) is 5.82 Å². The van der Waals surface area contributed by atoms with E-state index in [4.69, 9.17) is 15.0 Å². The maximum absolute atomic E-state index is 11.6. The number of thiazole rings is 1. The number of aryl methyl sites for hydroxylation is 3. The largest absolute Gasteiger partial charge is 0.481 e. The number of nitrogens with zero attached hydrogens (tertiary/aromatic N) is 3. The summed E-state index contributed by atoms with van der Waals surface area (Å²) in [6.45, 7) is 1.00. The Morgan fingerprint density at radius 3 is 2.85 bits per heavy atom. The van der Waals surface area contributed by atoms with Crippen molar-refractivity contribution in [2.45, 2.75) is 50.9 Å². The number of fused-ring (bicyclic) bond motifs is 2. The lowest BCUT2D eigenvalue weighted by Gasteiger charge is -2.17. The lowest BCUT2D eigenvalue weighted by molar-refractivity contribution is -0.137. The lowest BCUT2D eigenvalue weighted by Crippen LogP contribution is -2.14. The second-order valence-corrected chi connectivity index (χ2v) is 9.80. The van der Waals surface area contributed by atoms with Gasteiger partial charge in [0.15, 0.2) is 0 Å².